The summed E-state index contributed by atoms with van der Waals surface area (Å²) in [6.07, 6.45) is 7.55. The standard InChI is InChI=1S/C33H34N6O3/c1-2-30-34-21-29(36-30)23-10-12-25(13-11-23)35-32(31-27-20-26(39(41)42)14-15-28(27)37-33(31)40)24-8-6-22(7-9-24)16-19-38-17-4-3-5-18-38/h6-15,20-21,35H,2-5,16-19H2,1H3,(H,34,36)(H,37,40). The van der Waals surface area contributed by atoms with Crippen molar-refractivity contribution in [2.75, 3.05) is 30.3 Å². The fourth-order valence-corrected chi connectivity index (χ4v) is 5.66. The number of non-ortho nitro benzene ring substituents is 1. The number of aryl methyl sites for hydroxylation is 1. The number of hydrogen-bond acceptors (Lipinski definition) is 6. The maximum atomic E-state index is 13.3. The number of imidazole rings is 1. The van der Waals surface area contributed by atoms with Gasteiger partial charge in [-0.15, -0.1) is 0 Å². The molecule has 0 atom stereocenters. The van der Waals surface area contributed by atoms with Crippen LogP contribution < -0.4 is 10.6 Å². The van der Waals surface area contributed by atoms with Gasteiger partial charge in [0.15, 0.2) is 0 Å². The summed E-state index contributed by atoms with van der Waals surface area (Å²) in [5.41, 5.74) is 6.65. The van der Waals surface area contributed by atoms with E-state index in [4.69, 9.17) is 0 Å². The number of aromatic amines is 1. The van der Waals surface area contributed by atoms with Gasteiger partial charge in [0.2, 0.25) is 0 Å². The minimum absolute atomic E-state index is 0.0648. The van der Waals surface area contributed by atoms with Gasteiger partial charge in [0, 0.05) is 53.8 Å². The van der Waals surface area contributed by atoms with Crippen LogP contribution in [0.25, 0.3) is 22.5 Å². The van der Waals surface area contributed by atoms with Crippen molar-refractivity contribution >= 4 is 34.2 Å². The second-order valence-corrected chi connectivity index (χ2v) is 10.8. The Balaban J connectivity index is 1.34. The van der Waals surface area contributed by atoms with Gasteiger partial charge in [-0.05, 0) is 61.7 Å². The first kappa shape index (κ1) is 27.4. The minimum Gasteiger partial charge on any atom is -0.354 e. The number of carbonyl (C=O) groups excluding carboxylic acids is 1. The van der Waals surface area contributed by atoms with Crippen LogP contribution in [-0.4, -0.2) is 45.3 Å². The van der Waals surface area contributed by atoms with Crippen molar-refractivity contribution in [3.05, 3.63) is 106 Å². The SMILES string of the molecule is CCc1nc(-c2ccc(NC(=C3C(=O)Nc4ccc([N+](=O)[O-])cc43)c3ccc(CCN4CCCCC4)cc3)cc2)c[nH]1. The molecule has 1 fully saturated rings. The van der Waals surface area contributed by atoms with Crippen molar-refractivity contribution in [1.82, 2.24) is 14.9 Å². The highest BCUT2D eigenvalue weighted by Gasteiger charge is 2.30. The Bertz CT molecular complexity index is 1630. The molecule has 1 saturated heterocycles. The molecule has 1 amide bonds. The molecular weight excluding hydrogens is 528 g/mol. The van der Waals surface area contributed by atoms with E-state index in [1.807, 2.05) is 42.6 Å². The highest BCUT2D eigenvalue weighted by molar-refractivity contribution is 6.37. The zero-order chi connectivity index (χ0) is 29.1. The first-order valence-corrected chi connectivity index (χ1v) is 14.6. The molecule has 4 aromatic rings. The topological polar surface area (TPSA) is 116 Å². The van der Waals surface area contributed by atoms with Crippen LogP contribution in [0.1, 0.15) is 48.7 Å². The van der Waals surface area contributed by atoms with Crippen molar-refractivity contribution in [2.24, 2.45) is 0 Å². The van der Waals surface area contributed by atoms with Crippen LogP contribution in [0.3, 0.4) is 0 Å². The summed E-state index contributed by atoms with van der Waals surface area (Å²) in [4.78, 5) is 34.8. The number of rotatable bonds is 9. The van der Waals surface area contributed by atoms with Gasteiger partial charge in [0.1, 0.15) is 5.82 Å². The number of carbonyl (C=O) groups is 1. The number of nitro benzene ring substituents is 1. The number of benzene rings is 3. The summed E-state index contributed by atoms with van der Waals surface area (Å²) in [7, 11) is 0. The highest BCUT2D eigenvalue weighted by atomic mass is 16.6. The molecule has 9 nitrogen and oxygen atoms in total. The number of nitro groups is 1. The van der Waals surface area contributed by atoms with E-state index in [-0.39, 0.29) is 11.6 Å². The van der Waals surface area contributed by atoms with Crippen molar-refractivity contribution < 1.29 is 9.72 Å². The van der Waals surface area contributed by atoms with Crippen molar-refractivity contribution in [1.29, 1.82) is 0 Å². The monoisotopic (exact) mass is 562 g/mol. The summed E-state index contributed by atoms with van der Waals surface area (Å²) in [5.74, 6) is 0.626. The fourth-order valence-electron chi connectivity index (χ4n) is 5.66. The lowest BCUT2D eigenvalue weighted by atomic mass is 9.98. The Morgan fingerprint density at radius 1 is 1.02 bits per heavy atom. The molecule has 3 aromatic carbocycles. The van der Waals surface area contributed by atoms with Gasteiger partial charge in [-0.1, -0.05) is 49.7 Å². The van der Waals surface area contributed by atoms with E-state index in [2.05, 4.69) is 44.6 Å². The number of amides is 1. The second-order valence-electron chi connectivity index (χ2n) is 10.8. The molecule has 2 aliphatic heterocycles. The average Bonchev–Trinajstić information content (AvgIpc) is 3.63. The van der Waals surface area contributed by atoms with Gasteiger partial charge in [0.25, 0.3) is 11.6 Å². The van der Waals surface area contributed by atoms with E-state index in [1.54, 1.807) is 6.07 Å². The van der Waals surface area contributed by atoms with Crippen LogP contribution in [0.15, 0.2) is 72.9 Å². The zero-order valence-electron chi connectivity index (χ0n) is 23.7. The van der Waals surface area contributed by atoms with E-state index in [0.29, 0.717) is 22.5 Å². The van der Waals surface area contributed by atoms with Gasteiger partial charge >= 0.3 is 0 Å². The number of nitrogens with zero attached hydrogens (tertiary/aromatic N) is 3. The molecule has 0 bridgehead atoms. The molecule has 3 heterocycles. The Hall–Kier alpha value is -4.76. The van der Waals surface area contributed by atoms with Crippen LogP contribution in [0.5, 0.6) is 0 Å². The number of H-pyrrole nitrogens is 1. The lowest BCUT2D eigenvalue weighted by molar-refractivity contribution is -0.384. The molecule has 1 aromatic heterocycles. The molecule has 0 saturated carbocycles. The van der Waals surface area contributed by atoms with E-state index < -0.39 is 4.92 Å². The van der Waals surface area contributed by atoms with Gasteiger partial charge in [-0.3, -0.25) is 14.9 Å². The van der Waals surface area contributed by atoms with Gasteiger partial charge in [0.05, 0.1) is 21.9 Å². The maximum Gasteiger partial charge on any atom is 0.270 e. The predicted octanol–water partition coefficient (Wildman–Crippen LogP) is 6.51. The first-order chi connectivity index (χ1) is 20.5. The van der Waals surface area contributed by atoms with E-state index in [1.165, 1.54) is 37.0 Å². The summed E-state index contributed by atoms with van der Waals surface area (Å²) < 4.78 is 0. The van der Waals surface area contributed by atoms with Gasteiger partial charge in [-0.2, -0.15) is 0 Å². The molecule has 0 unspecified atom stereocenters. The lowest BCUT2D eigenvalue weighted by Crippen LogP contribution is -2.31. The first-order valence-electron chi connectivity index (χ1n) is 14.6. The molecule has 214 valence electrons. The number of likely N-dealkylation sites (tertiary alicyclic amines) is 1. The van der Waals surface area contributed by atoms with Crippen LogP contribution in [-0.2, 0) is 17.6 Å². The number of hydrogen-bond donors (Lipinski definition) is 3. The van der Waals surface area contributed by atoms with Crippen molar-refractivity contribution in [3.8, 4) is 11.3 Å². The van der Waals surface area contributed by atoms with Gasteiger partial charge < -0.3 is 20.5 Å². The molecule has 2 aliphatic rings. The number of anilines is 2. The number of fused-ring (bicyclic) bond motifs is 1. The van der Waals surface area contributed by atoms with Crippen LogP contribution in [0, 0.1) is 10.1 Å². The molecular formula is C33H34N6O3. The Morgan fingerprint density at radius 2 is 1.79 bits per heavy atom. The van der Waals surface area contributed by atoms with Crippen LogP contribution in [0.4, 0.5) is 17.1 Å². The summed E-state index contributed by atoms with van der Waals surface area (Å²) in [6.45, 7) is 5.42. The largest absolute Gasteiger partial charge is 0.354 e. The fraction of sp³-hybridized carbons (Fsp3) is 0.273. The lowest BCUT2D eigenvalue weighted by Gasteiger charge is -2.26. The van der Waals surface area contributed by atoms with Crippen molar-refractivity contribution in [2.45, 2.75) is 39.0 Å². The maximum absolute atomic E-state index is 13.3. The molecule has 3 N–H and O–H groups in total. The number of piperidine rings is 1. The molecule has 42 heavy (non-hydrogen) atoms. The summed E-state index contributed by atoms with van der Waals surface area (Å²) in [5, 5.41) is 17.9. The van der Waals surface area contributed by atoms with E-state index in [9.17, 15) is 14.9 Å². The predicted molar refractivity (Wildman–Crippen MR) is 166 cm³/mol. The summed E-state index contributed by atoms with van der Waals surface area (Å²) in [6, 6.07) is 20.6. The number of aromatic nitrogens is 2. The molecule has 0 spiro atoms. The Morgan fingerprint density at radius 3 is 2.48 bits per heavy atom. The Labute approximate surface area is 244 Å². The average molecular weight is 563 g/mol. The van der Waals surface area contributed by atoms with Crippen LogP contribution in [0.2, 0.25) is 0 Å². The summed E-state index contributed by atoms with van der Waals surface area (Å²) >= 11 is 0. The smallest absolute Gasteiger partial charge is 0.270 e. The molecule has 6 rings (SSSR count). The second kappa shape index (κ2) is 12.0. The van der Waals surface area contributed by atoms with Crippen molar-refractivity contribution in [3.63, 3.8) is 0 Å². The highest BCUT2D eigenvalue weighted by Crippen LogP contribution is 2.39. The van der Waals surface area contributed by atoms with Crippen LogP contribution >= 0.6 is 0 Å². The van der Waals surface area contributed by atoms with E-state index in [0.717, 1.165) is 60.8 Å². The zero-order valence-corrected chi connectivity index (χ0v) is 23.7. The molecule has 0 radical (unpaired) electrons. The quantitative estimate of drug-likeness (QED) is 0.122. The van der Waals surface area contributed by atoms with E-state index >= 15 is 0 Å². The molecule has 0 aliphatic carbocycles. The normalized spacial score (nSPS) is 16.2. The molecule has 9 heteroatoms. The number of nitrogens with one attached hydrogen (secondary N) is 3. The minimum atomic E-state index is -0.442. The third-order valence-electron chi connectivity index (χ3n) is 8.03. The third kappa shape index (κ3) is 5.82. The van der Waals surface area contributed by atoms with Gasteiger partial charge in [-0.25, -0.2) is 4.98 Å². The third-order valence-corrected chi connectivity index (χ3v) is 8.03. The Kier molecular flexibility index (Phi) is 7.83.